The average Bonchev–Trinajstić information content (AvgIpc) is 1.53. The molecular weight excluding hydrogens is 1240 g/mol. The van der Waals surface area contributed by atoms with Crippen LogP contribution in [0.2, 0.25) is 0 Å². The van der Waals surface area contributed by atoms with Crippen molar-refractivity contribution in [2.45, 2.75) is 24.7 Å². The summed E-state index contributed by atoms with van der Waals surface area (Å²) in [6.07, 6.45) is 3.59. The third-order valence-corrected chi connectivity index (χ3v) is 19.8. The third-order valence-electron chi connectivity index (χ3n) is 19.8. The minimum Gasteiger partial charge on any atom is -0.457 e. The second-order valence-electron chi connectivity index (χ2n) is 25.5. The Kier molecular flexibility index (Phi) is 15.9. The Hall–Kier alpha value is -12.5. The van der Waals surface area contributed by atoms with Gasteiger partial charge < -0.3 is 19.3 Å². The van der Waals surface area contributed by atoms with Crippen LogP contribution in [0.3, 0.4) is 0 Å². The molecule has 0 heterocycles. The maximum Gasteiger partial charge on any atom is 0.128 e. The van der Waals surface area contributed by atoms with Crippen LogP contribution in [0.25, 0.3) is 45.5 Å². The highest BCUT2D eigenvalue weighted by atomic mass is 19.1. The zero-order chi connectivity index (χ0) is 68.2. The molecule has 14 aromatic rings. The summed E-state index contributed by atoms with van der Waals surface area (Å²) in [4.78, 5) is 4.16. The second kappa shape index (κ2) is 25.5. The molecule has 2 aliphatic carbocycles. The minimum absolute atomic E-state index is 0.338. The second-order valence-corrected chi connectivity index (χ2v) is 25.5. The smallest absolute Gasteiger partial charge is 0.128 e. The van der Waals surface area contributed by atoms with Crippen LogP contribution in [-0.2, 0) is 10.8 Å². The quantitative estimate of drug-likeness (QED) is 0.0849. The number of anilines is 6. The summed E-state index contributed by atoms with van der Waals surface area (Å²) in [6.45, 7) is 11.3. The number of benzene rings is 14. The molecule has 8 heteroatoms. The van der Waals surface area contributed by atoms with Crippen molar-refractivity contribution in [3.63, 3.8) is 0 Å². The van der Waals surface area contributed by atoms with Crippen LogP contribution in [-0.4, -0.2) is 0 Å². The Bertz CT molecular complexity index is 5100. The van der Waals surface area contributed by atoms with Gasteiger partial charge in [-0.2, -0.15) is 0 Å². The van der Waals surface area contributed by atoms with Crippen molar-refractivity contribution in [1.82, 2.24) is 0 Å². The maximum atomic E-state index is 16.1. The van der Waals surface area contributed by atoms with E-state index in [4.69, 9.17) is 9.47 Å². The standard InChI is InChI=1S/C92H64F4N2O2/c1-5-61-17-45-77(46-18-61)99-79-49-29-67(30-50-79)91(65-25-33-69(93)34-26-65)85-13-9-7-11-81(85)83-53-43-73(55-87(83)91)97(75-37-15-59(3)89(95)57-75)71-39-21-63(22-40-71)64-23-41-72(42-24-64)98(76-38-16-60(4)90(96)58-76)74-44-54-84-82-12-8-10-14-86(82)92(88(84)56-74,66-27-35-70(94)36-28-66)68-31-51-80(52-32-68)100-78-47-19-62(6-2)20-48-78/h5-58H,1-2H2,3-4H3. The van der Waals surface area contributed by atoms with Crippen LogP contribution in [0, 0.1) is 37.1 Å². The lowest BCUT2D eigenvalue weighted by Crippen LogP contribution is -2.29. The lowest BCUT2D eigenvalue weighted by molar-refractivity contribution is 0.482. The number of rotatable bonds is 17. The Morgan fingerprint density at radius 3 is 0.920 bits per heavy atom. The molecule has 0 radical (unpaired) electrons. The van der Waals surface area contributed by atoms with Crippen molar-refractivity contribution >= 4 is 46.3 Å². The van der Waals surface area contributed by atoms with Gasteiger partial charge in [-0.15, -0.1) is 0 Å². The number of hydrogen-bond donors (Lipinski definition) is 0. The van der Waals surface area contributed by atoms with E-state index in [1.165, 1.54) is 24.3 Å². The molecule has 0 fully saturated rings. The maximum absolute atomic E-state index is 16.1. The van der Waals surface area contributed by atoms with Crippen molar-refractivity contribution in [3.05, 3.63) is 419 Å². The van der Waals surface area contributed by atoms with Gasteiger partial charge in [-0.1, -0.05) is 195 Å². The highest BCUT2D eigenvalue weighted by Gasteiger charge is 2.48. The molecule has 2 atom stereocenters. The molecule has 0 N–H and O–H groups in total. The summed E-state index contributed by atoms with van der Waals surface area (Å²) >= 11 is 0. The summed E-state index contributed by atoms with van der Waals surface area (Å²) < 4.78 is 75.1. The van der Waals surface area contributed by atoms with Gasteiger partial charge in [-0.3, -0.25) is 0 Å². The summed E-state index contributed by atoms with van der Waals surface area (Å²) in [6, 6.07) is 102. The van der Waals surface area contributed by atoms with Crippen LogP contribution >= 0.6 is 0 Å². The monoisotopic (exact) mass is 1300 g/mol. The van der Waals surface area contributed by atoms with Gasteiger partial charge in [0.2, 0.25) is 0 Å². The number of halogens is 4. The molecule has 4 nitrogen and oxygen atoms in total. The predicted octanol–water partition coefficient (Wildman–Crippen LogP) is 25.1. The number of ether oxygens (including phenoxy) is 2. The van der Waals surface area contributed by atoms with Crippen LogP contribution in [0.4, 0.5) is 51.7 Å². The zero-order valence-corrected chi connectivity index (χ0v) is 54.8. The molecule has 100 heavy (non-hydrogen) atoms. The fourth-order valence-electron chi connectivity index (χ4n) is 14.9. The Morgan fingerprint density at radius 2 is 0.580 bits per heavy atom. The zero-order valence-electron chi connectivity index (χ0n) is 54.8. The average molecular weight is 1310 g/mol. The first-order valence-electron chi connectivity index (χ1n) is 33.2. The largest absolute Gasteiger partial charge is 0.457 e. The molecular formula is C92H64F4N2O2. The summed E-state index contributed by atoms with van der Waals surface area (Å²) in [5, 5.41) is 0. The van der Waals surface area contributed by atoms with Crippen molar-refractivity contribution in [1.29, 1.82) is 0 Å². The summed E-state index contributed by atoms with van der Waals surface area (Å²) in [5.74, 6) is 1.34. The van der Waals surface area contributed by atoms with Crippen molar-refractivity contribution in [2.24, 2.45) is 0 Å². The van der Waals surface area contributed by atoms with Gasteiger partial charge >= 0.3 is 0 Å². The van der Waals surface area contributed by atoms with Gasteiger partial charge in [0, 0.05) is 34.1 Å². The van der Waals surface area contributed by atoms with E-state index < -0.39 is 10.8 Å². The van der Waals surface area contributed by atoms with Crippen LogP contribution < -0.4 is 19.3 Å². The molecule has 16 rings (SSSR count). The SMILES string of the molecule is C=Cc1ccc(Oc2ccc(C3(c4ccc(F)cc4)c4ccccc4-c4ccc(N(c5ccc(-c6ccc(N(c7ccc(C)c(F)c7)c7ccc8c(c7)C(c7ccc(F)cc7)(c7ccc(Oc9ccc(C=C)cc9)cc7)c7ccccc7-8)cc6)cc5)c5ccc(C)c(F)c5)cc43)cc2)cc1. The van der Waals surface area contributed by atoms with Crippen molar-refractivity contribution in [3.8, 4) is 56.4 Å². The minimum atomic E-state index is -0.923. The van der Waals surface area contributed by atoms with E-state index in [1.807, 2.05) is 133 Å². The topological polar surface area (TPSA) is 24.9 Å². The molecule has 0 bridgehead atoms. The van der Waals surface area contributed by atoms with E-state index in [2.05, 4.69) is 156 Å². The van der Waals surface area contributed by atoms with Crippen LogP contribution in [0.5, 0.6) is 23.0 Å². The summed E-state index contributed by atoms with van der Waals surface area (Å²) in [5.41, 5.74) is 19.3. The number of hydrogen-bond acceptors (Lipinski definition) is 4. The molecule has 0 aliphatic heterocycles. The van der Waals surface area contributed by atoms with Gasteiger partial charge in [0.05, 0.1) is 10.8 Å². The highest BCUT2D eigenvalue weighted by molar-refractivity contribution is 5.92. The molecule has 0 aromatic heterocycles. The van der Waals surface area contributed by atoms with Crippen LogP contribution in [0.15, 0.2) is 329 Å². The Balaban J connectivity index is 0.774. The fourth-order valence-corrected chi connectivity index (χ4v) is 14.9. The number of aryl methyl sites for hydroxylation is 2. The van der Waals surface area contributed by atoms with E-state index >= 15 is 17.6 Å². The number of nitrogens with zero attached hydrogens (tertiary/aromatic N) is 2. The van der Waals surface area contributed by atoms with E-state index in [-0.39, 0.29) is 23.3 Å². The molecule has 2 aliphatic rings. The van der Waals surface area contributed by atoms with Gasteiger partial charge in [0.15, 0.2) is 0 Å². The van der Waals surface area contributed by atoms with Gasteiger partial charge in [-0.05, 0) is 260 Å². The lowest BCUT2D eigenvalue weighted by Gasteiger charge is -2.35. The van der Waals surface area contributed by atoms with Crippen LogP contribution in [0.1, 0.15) is 66.8 Å². The predicted molar refractivity (Wildman–Crippen MR) is 398 cm³/mol. The first-order valence-corrected chi connectivity index (χ1v) is 33.2. The Labute approximate surface area is 579 Å². The highest BCUT2D eigenvalue weighted by Crippen LogP contribution is 2.60. The first-order chi connectivity index (χ1) is 48.9. The molecule has 0 spiro atoms. The van der Waals surface area contributed by atoms with E-state index in [0.29, 0.717) is 45.5 Å². The first kappa shape index (κ1) is 62.3. The molecule has 2 unspecified atom stereocenters. The molecule has 482 valence electrons. The third kappa shape index (κ3) is 10.8. The van der Waals surface area contributed by atoms with Gasteiger partial charge in [-0.25, -0.2) is 17.6 Å². The molecule has 0 saturated carbocycles. The van der Waals surface area contributed by atoms with Gasteiger partial charge in [0.1, 0.15) is 46.3 Å². The lowest BCUT2D eigenvalue weighted by atomic mass is 9.67. The normalized spacial score (nSPS) is 14.7. The molecule has 0 amide bonds. The van der Waals surface area contributed by atoms with E-state index in [9.17, 15) is 0 Å². The van der Waals surface area contributed by atoms with E-state index in [1.54, 1.807) is 50.3 Å². The van der Waals surface area contributed by atoms with Gasteiger partial charge in [0.25, 0.3) is 0 Å². The Morgan fingerprint density at radius 1 is 0.290 bits per heavy atom. The van der Waals surface area contributed by atoms with Crippen molar-refractivity contribution < 1.29 is 27.0 Å². The van der Waals surface area contributed by atoms with Crippen molar-refractivity contribution in [2.75, 3.05) is 9.80 Å². The fraction of sp³-hybridized carbons (Fsp3) is 0.0435. The molecule has 0 saturated heterocycles. The number of fused-ring (bicyclic) bond motifs is 6. The summed E-state index contributed by atoms with van der Waals surface area (Å²) in [7, 11) is 0. The molecule has 14 aromatic carbocycles. The van der Waals surface area contributed by atoms with E-state index in [0.717, 1.165) is 112 Å².